The SMILES string of the molecule is COc1ccc(OCC2CC2)c(-c2ncnc3c(C(=O)NC4CCN(C(=O)O)CC4O)c(C)n(COCC[Si](C)(C)C)c23)c1. The van der Waals surface area contributed by atoms with Gasteiger partial charge in [0.05, 0.1) is 43.5 Å². The quantitative estimate of drug-likeness (QED) is 0.197. The number of nitrogens with zero attached hydrogens (tertiary/aromatic N) is 4. The lowest BCUT2D eigenvalue weighted by Crippen LogP contribution is -2.55. The van der Waals surface area contributed by atoms with Crippen LogP contribution in [0.4, 0.5) is 4.79 Å². The maximum absolute atomic E-state index is 13.9. The summed E-state index contributed by atoms with van der Waals surface area (Å²) in [5, 5.41) is 22.9. The summed E-state index contributed by atoms with van der Waals surface area (Å²) in [5.41, 5.74) is 3.40. The van der Waals surface area contributed by atoms with Crippen molar-refractivity contribution in [1.29, 1.82) is 0 Å². The molecule has 2 fully saturated rings. The molecule has 0 bridgehead atoms. The van der Waals surface area contributed by atoms with Gasteiger partial charge < -0.3 is 39.2 Å². The number of hydrogen-bond acceptors (Lipinski definition) is 8. The summed E-state index contributed by atoms with van der Waals surface area (Å²) < 4.78 is 19.9. The second-order valence-corrected chi connectivity index (χ2v) is 18.6. The summed E-state index contributed by atoms with van der Waals surface area (Å²) in [5.74, 6) is 1.46. The summed E-state index contributed by atoms with van der Waals surface area (Å²) in [4.78, 5) is 35.7. The molecule has 1 aromatic carbocycles. The number of piperidine rings is 1. The first-order valence-electron chi connectivity index (χ1n) is 15.2. The van der Waals surface area contributed by atoms with Gasteiger partial charge in [0.15, 0.2) is 0 Å². The largest absolute Gasteiger partial charge is 0.497 e. The maximum Gasteiger partial charge on any atom is 0.407 e. The number of rotatable bonds is 12. The number of aliphatic hydroxyl groups excluding tert-OH is 1. The van der Waals surface area contributed by atoms with Crippen molar-refractivity contribution in [2.24, 2.45) is 5.92 Å². The van der Waals surface area contributed by atoms with E-state index in [0.29, 0.717) is 65.0 Å². The highest BCUT2D eigenvalue weighted by Gasteiger charge is 2.33. The fraction of sp³-hybridized carbons (Fsp3) is 0.548. The van der Waals surface area contributed by atoms with Gasteiger partial charge >= 0.3 is 6.09 Å². The lowest BCUT2D eigenvalue weighted by Gasteiger charge is -2.34. The van der Waals surface area contributed by atoms with Crippen molar-refractivity contribution >= 4 is 31.1 Å². The van der Waals surface area contributed by atoms with Crippen LogP contribution in [0.15, 0.2) is 24.5 Å². The molecule has 5 rings (SSSR count). The van der Waals surface area contributed by atoms with Gasteiger partial charge in [-0.3, -0.25) is 4.79 Å². The Morgan fingerprint density at radius 2 is 1.93 bits per heavy atom. The van der Waals surface area contributed by atoms with Gasteiger partial charge in [0.1, 0.15) is 35.8 Å². The van der Waals surface area contributed by atoms with Crippen LogP contribution >= 0.6 is 0 Å². The predicted molar refractivity (Wildman–Crippen MR) is 168 cm³/mol. The monoisotopic (exact) mass is 625 g/mol. The number of β-amino-alcohol motifs (C(OH)–C–C–N with tert-alkyl or cyclic N) is 1. The minimum absolute atomic E-state index is 0.0717. The average molecular weight is 626 g/mol. The Morgan fingerprint density at radius 1 is 1.16 bits per heavy atom. The summed E-state index contributed by atoms with van der Waals surface area (Å²) in [6, 6.07) is 6.01. The second-order valence-electron chi connectivity index (χ2n) is 12.9. The van der Waals surface area contributed by atoms with Crippen molar-refractivity contribution in [3.05, 3.63) is 35.8 Å². The highest BCUT2D eigenvalue weighted by atomic mass is 28.3. The Bertz CT molecular complexity index is 1520. The van der Waals surface area contributed by atoms with Crippen LogP contribution in [-0.2, 0) is 11.5 Å². The van der Waals surface area contributed by atoms with Crippen LogP contribution in [0.3, 0.4) is 0 Å². The molecule has 2 aliphatic rings. The minimum atomic E-state index is -1.33. The molecule has 1 saturated carbocycles. The Kier molecular flexibility index (Phi) is 9.47. The Morgan fingerprint density at radius 3 is 2.59 bits per heavy atom. The standard InChI is InChI=1S/C31H43N5O7Si/c1-19-26(30(38)34-23-10-11-35(31(39)40)15-24(23)37)28-29(36(19)18-42-12-13-44(3,4)5)27(32-17-33-28)22-14-21(41-2)8-9-25(22)43-16-20-6-7-20/h8-9,14,17,20,23-24,37H,6-7,10-13,15-16,18H2,1-5H3,(H,34,38)(H,39,40). The zero-order valence-electron chi connectivity index (χ0n) is 26.1. The fourth-order valence-corrected chi connectivity index (χ4v) is 6.17. The molecule has 3 heterocycles. The Labute approximate surface area is 258 Å². The number of carboxylic acid groups (broad SMARTS) is 1. The van der Waals surface area contributed by atoms with Crippen LogP contribution in [0.1, 0.15) is 35.3 Å². The normalized spacial score (nSPS) is 18.8. The van der Waals surface area contributed by atoms with E-state index in [2.05, 4.69) is 29.9 Å². The first-order chi connectivity index (χ1) is 21.0. The number of likely N-dealkylation sites (tertiary alicyclic amines) is 1. The van der Waals surface area contributed by atoms with E-state index in [-0.39, 0.29) is 19.8 Å². The highest BCUT2D eigenvalue weighted by Crippen LogP contribution is 2.39. The van der Waals surface area contributed by atoms with Crippen molar-refractivity contribution in [2.75, 3.05) is 33.4 Å². The minimum Gasteiger partial charge on any atom is -0.497 e. The van der Waals surface area contributed by atoms with Gasteiger partial charge in [-0.25, -0.2) is 14.8 Å². The van der Waals surface area contributed by atoms with Gasteiger partial charge in [-0.15, -0.1) is 0 Å². The molecule has 0 spiro atoms. The number of benzene rings is 1. The number of fused-ring (bicyclic) bond motifs is 1. The third-order valence-electron chi connectivity index (χ3n) is 8.32. The number of carbonyl (C=O) groups is 2. The van der Waals surface area contributed by atoms with Crippen LogP contribution in [0.25, 0.3) is 22.3 Å². The molecular formula is C31H43N5O7Si. The smallest absolute Gasteiger partial charge is 0.407 e. The topological polar surface area (TPSA) is 148 Å². The molecule has 1 aliphatic carbocycles. The Balaban J connectivity index is 1.55. The van der Waals surface area contributed by atoms with Crippen LogP contribution in [-0.4, -0.2) is 95.3 Å². The molecule has 238 valence electrons. The lowest BCUT2D eigenvalue weighted by atomic mass is 10.0. The van der Waals surface area contributed by atoms with Gasteiger partial charge in [-0.2, -0.15) is 0 Å². The maximum atomic E-state index is 13.9. The van der Waals surface area contributed by atoms with Crippen molar-refractivity contribution in [3.8, 4) is 22.8 Å². The molecule has 2 unspecified atom stereocenters. The molecule has 13 heteroatoms. The van der Waals surface area contributed by atoms with Crippen LogP contribution in [0.2, 0.25) is 25.7 Å². The van der Waals surface area contributed by atoms with Gasteiger partial charge in [-0.1, -0.05) is 19.6 Å². The Hall–Kier alpha value is -3.68. The van der Waals surface area contributed by atoms with Gasteiger partial charge in [0, 0.05) is 32.5 Å². The number of amides is 2. The van der Waals surface area contributed by atoms with Crippen LogP contribution in [0.5, 0.6) is 11.5 Å². The summed E-state index contributed by atoms with van der Waals surface area (Å²) in [7, 11) is 0.276. The van der Waals surface area contributed by atoms with Crippen LogP contribution in [0, 0.1) is 12.8 Å². The molecule has 1 saturated heterocycles. The van der Waals surface area contributed by atoms with Crippen molar-refractivity contribution < 1.29 is 34.0 Å². The molecule has 0 radical (unpaired) electrons. The van der Waals surface area contributed by atoms with Crippen molar-refractivity contribution in [3.63, 3.8) is 0 Å². The van der Waals surface area contributed by atoms with E-state index in [9.17, 15) is 19.8 Å². The number of methoxy groups -OCH3 is 1. The van der Waals surface area contributed by atoms with Gasteiger partial charge in [-0.05, 0) is 56.3 Å². The first-order valence-corrected chi connectivity index (χ1v) is 18.9. The predicted octanol–water partition coefficient (Wildman–Crippen LogP) is 4.36. The molecule has 44 heavy (non-hydrogen) atoms. The van der Waals surface area contributed by atoms with E-state index in [0.717, 1.165) is 29.3 Å². The molecule has 2 atom stereocenters. The number of ether oxygens (including phenoxy) is 3. The van der Waals surface area contributed by atoms with Gasteiger partial charge in [0.2, 0.25) is 0 Å². The zero-order chi connectivity index (χ0) is 31.6. The molecule has 3 N–H and O–H groups in total. The zero-order valence-corrected chi connectivity index (χ0v) is 27.1. The summed E-state index contributed by atoms with van der Waals surface area (Å²) >= 11 is 0. The van der Waals surface area contributed by atoms with E-state index in [1.807, 2.05) is 29.7 Å². The second kappa shape index (κ2) is 13.1. The van der Waals surface area contributed by atoms with Gasteiger partial charge in [0.25, 0.3) is 5.91 Å². The van der Waals surface area contributed by atoms with E-state index in [1.54, 1.807) is 7.11 Å². The summed E-state index contributed by atoms with van der Waals surface area (Å²) in [6.45, 7) is 10.3. The fourth-order valence-electron chi connectivity index (χ4n) is 5.41. The van der Waals surface area contributed by atoms with E-state index < -0.39 is 32.2 Å². The van der Waals surface area contributed by atoms with E-state index in [4.69, 9.17) is 19.2 Å². The highest BCUT2D eigenvalue weighted by molar-refractivity contribution is 6.76. The third-order valence-corrected chi connectivity index (χ3v) is 10.0. The van der Waals surface area contributed by atoms with Crippen molar-refractivity contribution in [2.45, 2.75) is 70.7 Å². The van der Waals surface area contributed by atoms with E-state index in [1.165, 1.54) is 6.33 Å². The number of hydrogen-bond donors (Lipinski definition) is 3. The molecule has 3 aromatic rings. The molecule has 2 amide bonds. The summed E-state index contributed by atoms with van der Waals surface area (Å²) in [6.07, 6.45) is 1.92. The lowest BCUT2D eigenvalue weighted by molar-refractivity contribution is 0.0391. The van der Waals surface area contributed by atoms with E-state index >= 15 is 0 Å². The molecule has 12 nitrogen and oxygen atoms in total. The first kappa shape index (κ1) is 31.7. The molecule has 1 aliphatic heterocycles. The molecule has 2 aromatic heterocycles. The van der Waals surface area contributed by atoms with Crippen molar-refractivity contribution in [1.82, 2.24) is 24.8 Å². The number of aromatic nitrogens is 3. The van der Waals surface area contributed by atoms with Crippen LogP contribution < -0.4 is 14.8 Å². The number of nitrogens with one attached hydrogen (secondary N) is 1. The number of aliphatic hydroxyl groups is 1. The number of carbonyl (C=O) groups excluding carboxylic acids is 1. The third kappa shape index (κ3) is 7.16. The molecular weight excluding hydrogens is 582 g/mol. The average Bonchev–Trinajstić information content (AvgIpc) is 3.76.